The molecule has 0 unspecified atom stereocenters. The van der Waals surface area contributed by atoms with Crippen molar-refractivity contribution < 1.29 is 19.5 Å². The molecule has 1 spiro atoms. The molecular weight excluding hydrogens is 336 g/mol. The van der Waals surface area contributed by atoms with E-state index in [0.29, 0.717) is 25.2 Å². The second kappa shape index (κ2) is 7.19. The van der Waals surface area contributed by atoms with Gasteiger partial charge in [-0.2, -0.15) is 5.10 Å². The molecule has 2 aliphatic rings. The number of ketones is 1. The van der Waals surface area contributed by atoms with Gasteiger partial charge in [-0.3, -0.25) is 24.4 Å². The monoisotopic (exact) mass is 362 g/mol. The number of nitrogens with zero attached hydrogens (tertiary/aromatic N) is 3. The minimum absolute atomic E-state index is 0.0203. The van der Waals surface area contributed by atoms with E-state index in [1.165, 1.54) is 13.0 Å². The van der Waals surface area contributed by atoms with Crippen molar-refractivity contribution in [2.75, 3.05) is 26.2 Å². The van der Waals surface area contributed by atoms with Gasteiger partial charge >= 0.3 is 5.97 Å². The van der Waals surface area contributed by atoms with Crippen molar-refractivity contribution in [3.8, 4) is 0 Å². The van der Waals surface area contributed by atoms with Gasteiger partial charge in [0.1, 0.15) is 17.4 Å². The fraction of sp³-hybridized carbons (Fsp3) is 0.667. The van der Waals surface area contributed by atoms with E-state index in [1.807, 2.05) is 0 Å². The van der Waals surface area contributed by atoms with Gasteiger partial charge in [-0.1, -0.05) is 6.92 Å². The molecule has 142 valence electrons. The predicted molar refractivity (Wildman–Crippen MR) is 94.1 cm³/mol. The molecule has 0 saturated carbocycles. The number of amides is 1. The lowest BCUT2D eigenvalue weighted by Crippen LogP contribution is -2.44. The molecule has 1 aromatic heterocycles. The molecule has 2 aliphatic heterocycles. The van der Waals surface area contributed by atoms with Crippen LogP contribution in [0.3, 0.4) is 0 Å². The standard InChI is InChI=1S/C18H26N4O4/c1-3-6-22-11-18(10-15(22)17(25)26)4-7-21(8-5-18)16(24)14-9-13(12(2)23)19-20-14/h9,15H,3-8,10-11H2,1-2H3,(H,19,20)(H,25,26)/t15-/m1/s1. The number of hydrogen-bond acceptors (Lipinski definition) is 5. The van der Waals surface area contributed by atoms with Crippen molar-refractivity contribution in [3.05, 3.63) is 17.5 Å². The van der Waals surface area contributed by atoms with E-state index in [4.69, 9.17) is 0 Å². The number of hydrogen-bond donors (Lipinski definition) is 2. The van der Waals surface area contributed by atoms with E-state index in [-0.39, 0.29) is 22.8 Å². The Morgan fingerprint density at radius 3 is 2.58 bits per heavy atom. The molecule has 2 saturated heterocycles. The lowest BCUT2D eigenvalue weighted by Gasteiger charge is -2.39. The number of carbonyl (C=O) groups excluding carboxylic acids is 2. The summed E-state index contributed by atoms with van der Waals surface area (Å²) in [4.78, 5) is 39.4. The fourth-order valence-corrected chi connectivity index (χ4v) is 4.24. The maximum atomic E-state index is 12.6. The summed E-state index contributed by atoms with van der Waals surface area (Å²) in [6, 6.07) is 1.08. The van der Waals surface area contributed by atoms with Crippen LogP contribution in [0.4, 0.5) is 0 Å². The van der Waals surface area contributed by atoms with Gasteiger partial charge in [0.05, 0.1) is 0 Å². The number of Topliss-reactive ketones (excluding diaryl/α,β-unsaturated/α-hetero) is 1. The SMILES string of the molecule is CCCN1CC2(CCN(C(=O)c3cc(C(C)=O)n[nH]3)CC2)C[C@@H]1C(=O)O. The first kappa shape index (κ1) is 18.6. The van der Waals surface area contributed by atoms with Crippen molar-refractivity contribution in [3.63, 3.8) is 0 Å². The van der Waals surface area contributed by atoms with Crippen molar-refractivity contribution in [1.29, 1.82) is 0 Å². The molecule has 26 heavy (non-hydrogen) atoms. The minimum atomic E-state index is -0.747. The molecule has 0 aliphatic carbocycles. The number of aliphatic carboxylic acids is 1. The van der Waals surface area contributed by atoms with E-state index in [2.05, 4.69) is 22.0 Å². The molecule has 0 aromatic carbocycles. The zero-order chi connectivity index (χ0) is 18.9. The summed E-state index contributed by atoms with van der Waals surface area (Å²) in [5, 5.41) is 16.0. The van der Waals surface area contributed by atoms with Crippen molar-refractivity contribution >= 4 is 17.7 Å². The number of likely N-dealkylation sites (tertiary alicyclic amines) is 2. The Morgan fingerprint density at radius 1 is 1.35 bits per heavy atom. The van der Waals surface area contributed by atoms with Gasteiger partial charge in [0, 0.05) is 26.6 Å². The number of aromatic nitrogens is 2. The van der Waals surface area contributed by atoms with Crippen LogP contribution in [0.5, 0.6) is 0 Å². The maximum absolute atomic E-state index is 12.6. The van der Waals surface area contributed by atoms with Crippen LogP contribution in [0.15, 0.2) is 6.07 Å². The molecule has 2 N–H and O–H groups in total. The highest BCUT2D eigenvalue weighted by molar-refractivity contribution is 5.97. The Balaban J connectivity index is 1.64. The molecular formula is C18H26N4O4. The van der Waals surface area contributed by atoms with E-state index in [9.17, 15) is 19.5 Å². The lowest BCUT2D eigenvalue weighted by molar-refractivity contribution is -0.142. The minimum Gasteiger partial charge on any atom is -0.480 e. The van der Waals surface area contributed by atoms with Gasteiger partial charge in [0.2, 0.25) is 0 Å². The number of carbonyl (C=O) groups is 3. The Kier molecular flexibility index (Phi) is 5.13. The van der Waals surface area contributed by atoms with Crippen LogP contribution in [-0.4, -0.2) is 75.0 Å². The largest absolute Gasteiger partial charge is 0.480 e. The molecule has 1 aromatic rings. The van der Waals surface area contributed by atoms with Crippen molar-refractivity contribution in [2.24, 2.45) is 5.41 Å². The van der Waals surface area contributed by atoms with E-state index in [0.717, 1.165) is 32.4 Å². The molecule has 3 rings (SSSR count). The van der Waals surface area contributed by atoms with Crippen LogP contribution in [0.1, 0.15) is 60.5 Å². The maximum Gasteiger partial charge on any atom is 0.320 e. The van der Waals surface area contributed by atoms with E-state index in [1.54, 1.807) is 4.90 Å². The third kappa shape index (κ3) is 3.51. The van der Waals surface area contributed by atoms with Gasteiger partial charge < -0.3 is 10.0 Å². The van der Waals surface area contributed by atoms with Crippen LogP contribution in [0, 0.1) is 5.41 Å². The molecule has 0 bridgehead atoms. The Labute approximate surface area is 152 Å². The average Bonchev–Trinajstić information content (AvgIpc) is 3.21. The molecule has 3 heterocycles. The number of rotatable bonds is 5. The van der Waals surface area contributed by atoms with Gasteiger partial charge in [-0.25, -0.2) is 0 Å². The zero-order valence-electron chi connectivity index (χ0n) is 15.3. The van der Waals surface area contributed by atoms with E-state index < -0.39 is 12.0 Å². The van der Waals surface area contributed by atoms with Gasteiger partial charge in [0.15, 0.2) is 5.78 Å². The molecule has 8 heteroatoms. The number of carboxylic acid groups (broad SMARTS) is 1. The van der Waals surface area contributed by atoms with Gasteiger partial charge in [-0.05, 0) is 43.7 Å². The predicted octanol–water partition coefficient (Wildman–Crippen LogP) is 1.40. The fourth-order valence-electron chi connectivity index (χ4n) is 4.24. The quantitative estimate of drug-likeness (QED) is 0.767. The Morgan fingerprint density at radius 2 is 2.04 bits per heavy atom. The lowest BCUT2D eigenvalue weighted by atomic mass is 9.76. The number of aromatic amines is 1. The average molecular weight is 362 g/mol. The molecule has 8 nitrogen and oxygen atoms in total. The van der Waals surface area contributed by atoms with E-state index >= 15 is 0 Å². The van der Waals surface area contributed by atoms with Crippen LogP contribution in [0.2, 0.25) is 0 Å². The summed E-state index contributed by atoms with van der Waals surface area (Å²) in [6.07, 6.45) is 3.19. The molecule has 1 atom stereocenters. The number of nitrogens with one attached hydrogen (secondary N) is 1. The Bertz CT molecular complexity index is 706. The topological polar surface area (TPSA) is 107 Å². The summed E-state index contributed by atoms with van der Waals surface area (Å²) in [6.45, 7) is 6.25. The number of H-pyrrole nitrogens is 1. The first-order valence-electron chi connectivity index (χ1n) is 9.18. The Hall–Kier alpha value is -2.22. The summed E-state index contributed by atoms with van der Waals surface area (Å²) < 4.78 is 0. The number of carboxylic acids is 1. The van der Waals surface area contributed by atoms with Crippen LogP contribution in [-0.2, 0) is 4.79 Å². The second-order valence-corrected chi connectivity index (χ2v) is 7.54. The summed E-state index contributed by atoms with van der Waals surface area (Å²) in [7, 11) is 0. The van der Waals surface area contributed by atoms with Gasteiger partial charge in [-0.15, -0.1) is 0 Å². The highest BCUT2D eigenvalue weighted by Crippen LogP contribution is 2.43. The number of piperidine rings is 1. The highest BCUT2D eigenvalue weighted by atomic mass is 16.4. The van der Waals surface area contributed by atoms with Gasteiger partial charge in [0.25, 0.3) is 5.91 Å². The summed E-state index contributed by atoms with van der Waals surface area (Å²) in [5.41, 5.74) is 0.568. The smallest absolute Gasteiger partial charge is 0.320 e. The third-order valence-electron chi connectivity index (χ3n) is 5.68. The highest BCUT2D eigenvalue weighted by Gasteiger charge is 2.48. The molecule has 0 radical (unpaired) electrons. The molecule has 2 fully saturated rings. The van der Waals surface area contributed by atoms with Crippen molar-refractivity contribution in [2.45, 2.75) is 45.6 Å². The summed E-state index contributed by atoms with van der Waals surface area (Å²) >= 11 is 0. The summed E-state index contributed by atoms with van der Waals surface area (Å²) in [5.74, 6) is -1.08. The first-order valence-corrected chi connectivity index (χ1v) is 9.18. The van der Waals surface area contributed by atoms with Crippen molar-refractivity contribution in [1.82, 2.24) is 20.0 Å². The second-order valence-electron chi connectivity index (χ2n) is 7.54. The normalized spacial score (nSPS) is 22.7. The first-order chi connectivity index (χ1) is 12.3. The van der Waals surface area contributed by atoms with Crippen LogP contribution >= 0.6 is 0 Å². The molecule has 1 amide bonds. The third-order valence-corrected chi connectivity index (χ3v) is 5.68. The zero-order valence-corrected chi connectivity index (χ0v) is 15.3. The van der Waals surface area contributed by atoms with Crippen LogP contribution in [0.25, 0.3) is 0 Å². The van der Waals surface area contributed by atoms with Crippen LogP contribution < -0.4 is 0 Å².